The minimum atomic E-state index is -0.587. The van der Waals surface area contributed by atoms with Crippen LogP contribution in [0.25, 0.3) is 75.8 Å². The molecule has 2 heteroatoms. The summed E-state index contributed by atoms with van der Waals surface area (Å²) in [5.74, 6) is 0. The third-order valence-electron chi connectivity index (χ3n) is 15.1. The smallest absolute Gasteiger partial charge is 0.0726 e. The van der Waals surface area contributed by atoms with Crippen LogP contribution in [-0.4, -0.2) is 0 Å². The second-order valence-corrected chi connectivity index (χ2v) is 19.8. The molecule has 0 bridgehead atoms. The molecule has 10 aromatic carbocycles. The number of hydrogen-bond acceptors (Lipinski definition) is 2. The Morgan fingerprint density at radius 1 is 0.318 bits per heavy atom. The van der Waals surface area contributed by atoms with Crippen molar-refractivity contribution in [3.8, 4) is 55.6 Å². The van der Waals surface area contributed by atoms with E-state index < -0.39 is 5.41 Å². The average Bonchev–Trinajstić information content (AvgIpc) is 3.93. The van der Waals surface area contributed by atoms with Gasteiger partial charge in [-0.05, 0) is 132 Å². The van der Waals surface area contributed by atoms with E-state index in [9.17, 15) is 0 Å². The molecule has 0 amide bonds. The summed E-state index contributed by atoms with van der Waals surface area (Å²) in [5, 5.41) is 2.66. The number of fused-ring (bicyclic) bond motifs is 18. The lowest BCUT2D eigenvalue weighted by molar-refractivity contribution is 0.660. The van der Waals surface area contributed by atoms with E-state index in [1.54, 1.807) is 0 Å². The van der Waals surface area contributed by atoms with E-state index in [1.165, 1.54) is 109 Å². The Morgan fingerprint density at radius 2 is 0.833 bits per heavy atom. The maximum Gasteiger partial charge on any atom is 0.0726 e. The standard InChI is InChI=1S/C64H43NS/c1-63(2)54-27-13-8-24-47(54)49-34-32-42(37-58(49)63)65(60-30-16-11-20-43(60)40-18-4-3-5-19-40)41-33-35-57-51(36-41)45-22-7-6-21-44(45)46-23-9-14-28-55(46)64(57)56-29-15-10-25-48(56)52-38-53-50-26-12-17-31-61(50)66-62(53)39-59(52)64/h3-39H,1-2H3. The number of anilines is 3. The fraction of sp³-hybridized carbons (Fsp3) is 0.0625. The van der Waals surface area contributed by atoms with Crippen LogP contribution >= 0.6 is 11.3 Å². The molecular weight excluding hydrogens is 815 g/mol. The summed E-state index contributed by atoms with van der Waals surface area (Å²) in [6.07, 6.45) is 0. The number of benzene rings is 10. The summed E-state index contributed by atoms with van der Waals surface area (Å²) in [6, 6.07) is 84.8. The highest BCUT2D eigenvalue weighted by Crippen LogP contribution is 2.63. The van der Waals surface area contributed by atoms with Gasteiger partial charge in [0.2, 0.25) is 0 Å². The largest absolute Gasteiger partial charge is 0.310 e. The van der Waals surface area contributed by atoms with Gasteiger partial charge in [0.1, 0.15) is 0 Å². The number of hydrogen-bond donors (Lipinski definition) is 0. The van der Waals surface area contributed by atoms with E-state index in [1.807, 2.05) is 11.3 Å². The number of para-hydroxylation sites is 1. The molecule has 0 aliphatic heterocycles. The Kier molecular flexibility index (Phi) is 7.89. The maximum absolute atomic E-state index is 2.55. The highest BCUT2D eigenvalue weighted by molar-refractivity contribution is 7.25. The van der Waals surface area contributed by atoms with E-state index in [0.717, 1.165) is 17.1 Å². The molecule has 1 heterocycles. The summed E-state index contributed by atoms with van der Waals surface area (Å²) in [6.45, 7) is 4.76. The zero-order valence-corrected chi connectivity index (χ0v) is 37.5. The molecule has 11 aromatic rings. The zero-order valence-electron chi connectivity index (χ0n) is 36.7. The Balaban J connectivity index is 1.08. The van der Waals surface area contributed by atoms with Crippen LogP contribution in [0.3, 0.4) is 0 Å². The molecule has 0 fully saturated rings. The Morgan fingerprint density at radius 3 is 1.59 bits per heavy atom. The summed E-state index contributed by atoms with van der Waals surface area (Å²) in [7, 11) is 0. The van der Waals surface area contributed by atoms with Gasteiger partial charge < -0.3 is 4.90 Å². The zero-order chi connectivity index (χ0) is 43.7. The molecule has 0 saturated heterocycles. The fourth-order valence-electron chi connectivity index (χ4n) is 12.2. The lowest BCUT2D eigenvalue weighted by Gasteiger charge is -2.36. The van der Waals surface area contributed by atoms with Gasteiger partial charge in [-0.1, -0.05) is 190 Å². The third-order valence-corrected chi connectivity index (χ3v) is 16.2. The topological polar surface area (TPSA) is 3.24 Å². The molecule has 1 nitrogen and oxygen atoms in total. The van der Waals surface area contributed by atoms with Gasteiger partial charge in [0.05, 0.1) is 11.1 Å². The predicted octanol–water partition coefficient (Wildman–Crippen LogP) is 17.5. The first-order valence-corrected chi connectivity index (χ1v) is 23.9. The first-order valence-electron chi connectivity index (χ1n) is 23.1. The highest BCUT2D eigenvalue weighted by atomic mass is 32.1. The maximum atomic E-state index is 2.55. The normalized spacial score (nSPS) is 15.6. The van der Waals surface area contributed by atoms with Crippen molar-refractivity contribution in [2.45, 2.75) is 24.7 Å². The van der Waals surface area contributed by atoms with Crippen LogP contribution in [0.15, 0.2) is 224 Å². The highest BCUT2D eigenvalue weighted by Gasteiger charge is 2.50. The van der Waals surface area contributed by atoms with E-state index in [4.69, 9.17) is 0 Å². The SMILES string of the molecule is CC1(C)c2ccccc2-c2ccc(N(c3ccc4c(c3)-c3ccccc3-c3ccccc3C43c4ccccc4-c4cc5c(cc43)sc3ccccc35)c3ccccc3-c3ccccc3)cc21. The monoisotopic (exact) mass is 857 g/mol. The minimum Gasteiger partial charge on any atom is -0.310 e. The molecule has 310 valence electrons. The van der Waals surface area contributed by atoms with Crippen LogP contribution in [0, 0.1) is 0 Å². The first kappa shape index (κ1) is 37.6. The van der Waals surface area contributed by atoms with Gasteiger partial charge in [-0.15, -0.1) is 11.3 Å². The lowest BCUT2D eigenvalue weighted by Crippen LogP contribution is -2.29. The summed E-state index contributed by atoms with van der Waals surface area (Å²) >= 11 is 1.91. The van der Waals surface area contributed by atoms with E-state index in [0.29, 0.717) is 0 Å². The molecule has 1 spiro atoms. The van der Waals surface area contributed by atoms with Crippen molar-refractivity contribution < 1.29 is 0 Å². The second-order valence-electron chi connectivity index (χ2n) is 18.7. The van der Waals surface area contributed by atoms with Gasteiger partial charge in [-0.25, -0.2) is 0 Å². The molecule has 14 rings (SSSR count). The first-order chi connectivity index (χ1) is 32.5. The van der Waals surface area contributed by atoms with E-state index in [-0.39, 0.29) is 5.41 Å². The average molecular weight is 858 g/mol. The molecule has 3 aliphatic carbocycles. The fourth-order valence-corrected chi connectivity index (χ4v) is 13.4. The van der Waals surface area contributed by atoms with Crippen LogP contribution < -0.4 is 4.90 Å². The predicted molar refractivity (Wildman–Crippen MR) is 279 cm³/mol. The Hall–Kier alpha value is -7.78. The van der Waals surface area contributed by atoms with Crippen LogP contribution in [0.1, 0.15) is 47.2 Å². The van der Waals surface area contributed by atoms with Crippen molar-refractivity contribution in [3.05, 3.63) is 258 Å². The van der Waals surface area contributed by atoms with Gasteiger partial charge in [-0.3, -0.25) is 0 Å². The molecule has 0 N–H and O–H groups in total. The van der Waals surface area contributed by atoms with Crippen molar-refractivity contribution in [2.24, 2.45) is 0 Å². The van der Waals surface area contributed by atoms with Crippen molar-refractivity contribution in [1.29, 1.82) is 0 Å². The molecule has 1 atom stereocenters. The van der Waals surface area contributed by atoms with E-state index in [2.05, 4.69) is 243 Å². The van der Waals surface area contributed by atoms with Crippen molar-refractivity contribution in [1.82, 2.24) is 0 Å². The van der Waals surface area contributed by atoms with Gasteiger partial charge >= 0.3 is 0 Å². The molecule has 0 radical (unpaired) electrons. The second kappa shape index (κ2) is 13.9. The van der Waals surface area contributed by atoms with Gasteiger partial charge in [0.15, 0.2) is 0 Å². The summed E-state index contributed by atoms with van der Waals surface area (Å²) < 4.78 is 2.65. The molecule has 0 saturated carbocycles. The van der Waals surface area contributed by atoms with E-state index >= 15 is 0 Å². The number of thiophene rings is 1. The van der Waals surface area contributed by atoms with Crippen LogP contribution in [0.2, 0.25) is 0 Å². The van der Waals surface area contributed by atoms with Gasteiger partial charge in [-0.2, -0.15) is 0 Å². The van der Waals surface area contributed by atoms with Gasteiger partial charge in [0.25, 0.3) is 0 Å². The Labute approximate surface area is 389 Å². The molecular formula is C64H43NS. The minimum absolute atomic E-state index is 0.152. The van der Waals surface area contributed by atoms with Crippen molar-refractivity contribution in [2.75, 3.05) is 4.90 Å². The van der Waals surface area contributed by atoms with Gasteiger partial charge in [0, 0.05) is 42.5 Å². The number of rotatable bonds is 4. The summed E-state index contributed by atoms with van der Waals surface area (Å²) in [5.41, 5.74) is 23.4. The molecule has 1 unspecified atom stereocenters. The van der Waals surface area contributed by atoms with Crippen LogP contribution in [0.4, 0.5) is 17.1 Å². The Bertz CT molecular complexity index is 3810. The quantitative estimate of drug-likeness (QED) is 0.170. The molecule has 66 heavy (non-hydrogen) atoms. The molecule has 3 aliphatic rings. The molecule has 1 aromatic heterocycles. The van der Waals surface area contributed by atoms with Crippen molar-refractivity contribution in [3.63, 3.8) is 0 Å². The van der Waals surface area contributed by atoms with Crippen molar-refractivity contribution >= 4 is 48.6 Å². The van der Waals surface area contributed by atoms with Crippen LogP contribution in [0.5, 0.6) is 0 Å². The summed E-state index contributed by atoms with van der Waals surface area (Å²) in [4.78, 5) is 2.52. The number of nitrogens with zero attached hydrogens (tertiary/aromatic N) is 1. The third kappa shape index (κ3) is 5.05. The lowest BCUT2D eigenvalue weighted by atomic mass is 9.66. The van der Waals surface area contributed by atoms with Crippen LogP contribution in [-0.2, 0) is 10.8 Å².